The zero-order valence-electron chi connectivity index (χ0n) is 9.37. The van der Waals surface area contributed by atoms with Crippen LogP contribution in [-0.2, 0) is 0 Å². The first-order valence-electron chi connectivity index (χ1n) is 5.54. The van der Waals surface area contributed by atoms with Gasteiger partial charge in [-0.2, -0.15) is 0 Å². The minimum Gasteiger partial charge on any atom is -0.496 e. The third kappa shape index (κ3) is 2.48. The van der Waals surface area contributed by atoms with E-state index in [2.05, 4.69) is 5.32 Å². The first kappa shape index (κ1) is 11.7. The zero-order chi connectivity index (χ0) is 11.5. The van der Waals surface area contributed by atoms with E-state index in [4.69, 9.17) is 22.1 Å². The van der Waals surface area contributed by atoms with Gasteiger partial charge in [-0.25, -0.2) is 0 Å². The van der Waals surface area contributed by atoms with Gasteiger partial charge < -0.3 is 15.8 Å². The summed E-state index contributed by atoms with van der Waals surface area (Å²) in [5, 5.41) is 4.19. The Balaban J connectivity index is 2.26. The average molecular weight is 241 g/mol. The van der Waals surface area contributed by atoms with Crippen molar-refractivity contribution >= 4 is 11.6 Å². The highest BCUT2D eigenvalue weighted by Crippen LogP contribution is 2.33. The molecule has 3 nitrogen and oxygen atoms in total. The molecule has 0 saturated heterocycles. The second kappa shape index (κ2) is 5.04. The van der Waals surface area contributed by atoms with Crippen LogP contribution in [0.1, 0.15) is 24.4 Å². The molecule has 1 aromatic carbocycles. The van der Waals surface area contributed by atoms with Gasteiger partial charge in [0.1, 0.15) is 5.75 Å². The van der Waals surface area contributed by atoms with Crippen molar-refractivity contribution < 1.29 is 4.74 Å². The monoisotopic (exact) mass is 240 g/mol. The molecule has 1 aliphatic carbocycles. The zero-order valence-corrected chi connectivity index (χ0v) is 10.1. The van der Waals surface area contributed by atoms with Gasteiger partial charge in [-0.1, -0.05) is 17.7 Å². The molecule has 16 heavy (non-hydrogen) atoms. The van der Waals surface area contributed by atoms with Crippen molar-refractivity contribution in [3.8, 4) is 5.75 Å². The Morgan fingerprint density at radius 1 is 1.56 bits per heavy atom. The van der Waals surface area contributed by atoms with Gasteiger partial charge in [-0.05, 0) is 25.0 Å². The summed E-state index contributed by atoms with van der Waals surface area (Å²) in [5.74, 6) is 0.802. The number of halogens is 1. The highest BCUT2D eigenvalue weighted by atomic mass is 35.5. The maximum Gasteiger partial charge on any atom is 0.125 e. The molecule has 1 fully saturated rings. The number of hydrogen-bond donors (Lipinski definition) is 2. The van der Waals surface area contributed by atoms with Crippen LogP contribution < -0.4 is 15.8 Å². The van der Waals surface area contributed by atoms with E-state index in [1.54, 1.807) is 7.11 Å². The molecule has 0 aromatic heterocycles. The lowest BCUT2D eigenvalue weighted by Crippen LogP contribution is -2.30. The van der Waals surface area contributed by atoms with Gasteiger partial charge in [0.15, 0.2) is 0 Å². The Kier molecular flexibility index (Phi) is 3.69. The average Bonchev–Trinajstić information content (AvgIpc) is 3.10. The molecule has 0 aliphatic heterocycles. The molecule has 0 radical (unpaired) electrons. The van der Waals surface area contributed by atoms with Crippen molar-refractivity contribution in [1.82, 2.24) is 5.32 Å². The number of nitrogens with one attached hydrogen (secondary N) is 1. The number of hydrogen-bond acceptors (Lipinski definition) is 3. The summed E-state index contributed by atoms with van der Waals surface area (Å²) in [7, 11) is 1.65. The fourth-order valence-electron chi connectivity index (χ4n) is 1.84. The van der Waals surface area contributed by atoms with Gasteiger partial charge in [-0.15, -0.1) is 0 Å². The van der Waals surface area contributed by atoms with Crippen LogP contribution >= 0.6 is 11.6 Å². The van der Waals surface area contributed by atoms with E-state index in [-0.39, 0.29) is 6.04 Å². The summed E-state index contributed by atoms with van der Waals surface area (Å²) < 4.78 is 5.33. The molecule has 3 N–H and O–H groups in total. The van der Waals surface area contributed by atoms with Gasteiger partial charge in [-0.3, -0.25) is 0 Å². The molecule has 1 saturated carbocycles. The summed E-state index contributed by atoms with van der Waals surface area (Å²) in [4.78, 5) is 0. The number of rotatable bonds is 5. The third-order valence-corrected chi connectivity index (χ3v) is 3.16. The maximum atomic E-state index is 6.21. The van der Waals surface area contributed by atoms with Crippen molar-refractivity contribution in [2.24, 2.45) is 5.73 Å². The lowest BCUT2D eigenvalue weighted by Gasteiger charge is -2.20. The Hall–Kier alpha value is -0.770. The van der Waals surface area contributed by atoms with Crippen LogP contribution in [-0.4, -0.2) is 19.7 Å². The lowest BCUT2D eigenvalue weighted by molar-refractivity contribution is 0.399. The Labute approximate surface area is 101 Å². The van der Waals surface area contributed by atoms with Crippen LogP contribution in [0.3, 0.4) is 0 Å². The minimum absolute atomic E-state index is 0.0798. The fourth-order valence-corrected chi connectivity index (χ4v) is 2.13. The Morgan fingerprint density at radius 2 is 2.31 bits per heavy atom. The smallest absolute Gasteiger partial charge is 0.125 e. The summed E-state index contributed by atoms with van der Waals surface area (Å²) in [6, 6.07) is 6.34. The van der Waals surface area contributed by atoms with E-state index in [9.17, 15) is 0 Å². The predicted molar refractivity (Wildman–Crippen MR) is 66.0 cm³/mol. The summed E-state index contributed by atoms with van der Waals surface area (Å²) in [6.07, 6.45) is 2.45. The van der Waals surface area contributed by atoms with Gasteiger partial charge in [0.2, 0.25) is 0 Å². The minimum atomic E-state index is 0.0798. The second-order valence-corrected chi connectivity index (χ2v) is 4.49. The number of benzene rings is 1. The quantitative estimate of drug-likeness (QED) is 0.829. The lowest BCUT2D eigenvalue weighted by atomic mass is 10.1. The number of ether oxygens (including phenoxy) is 1. The number of nitrogens with two attached hydrogens (primary N) is 1. The molecule has 0 amide bonds. The third-order valence-electron chi connectivity index (χ3n) is 2.83. The maximum absolute atomic E-state index is 6.21. The van der Waals surface area contributed by atoms with Gasteiger partial charge in [0.25, 0.3) is 0 Å². The molecular weight excluding hydrogens is 224 g/mol. The molecule has 88 valence electrons. The highest BCUT2D eigenvalue weighted by Gasteiger charge is 2.27. The molecule has 1 atom stereocenters. The molecule has 0 spiro atoms. The van der Waals surface area contributed by atoms with E-state index in [0.29, 0.717) is 17.6 Å². The number of methoxy groups -OCH3 is 1. The normalized spacial score (nSPS) is 17.2. The van der Waals surface area contributed by atoms with Crippen LogP contribution in [0.15, 0.2) is 18.2 Å². The molecule has 4 heteroatoms. The first-order valence-corrected chi connectivity index (χ1v) is 5.92. The largest absolute Gasteiger partial charge is 0.496 e. The fraction of sp³-hybridized carbons (Fsp3) is 0.500. The van der Waals surface area contributed by atoms with Crippen molar-refractivity contribution in [2.75, 3.05) is 13.7 Å². The van der Waals surface area contributed by atoms with Crippen LogP contribution in [0.4, 0.5) is 0 Å². The van der Waals surface area contributed by atoms with Crippen LogP contribution in [0, 0.1) is 0 Å². The van der Waals surface area contributed by atoms with E-state index in [1.807, 2.05) is 18.2 Å². The van der Waals surface area contributed by atoms with Crippen molar-refractivity contribution in [3.05, 3.63) is 28.8 Å². The SMILES string of the molecule is COc1cccc(Cl)c1C(CN)NC1CC1. The summed E-state index contributed by atoms with van der Waals surface area (Å²) in [5.41, 5.74) is 6.77. The molecule has 1 aromatic rings. The van der Waals surface area contributed by atoms with Crippen molar-refractivity contribution in [1.29, 1.82) is 0 Å². The molecule has 1 unspecified atom stereocenters. The first-order chi connectivity index (χ1) is 7.76. The predicted octanol–water partition coefficient (Wildman–Crippen LogP) is 2.10. The van der Waals surface area contributed by atoms with Crippen molar-refractivity contribution in [2.45, 2.75) is 24.9 Å². The second-order valence-electron chi connectivity index (χ2n) is 4.08. The highest BCUT2D eigenvalue weighted by molar-refractivity contribution is 6.31. The van der Waals surface area contributed by atoms with Crippen molar-refractivity contribution in [3.63, 3.8) is 0 Å². The molecule has 2 rings (SSSR count). The van der Waals surface area contributed by atoms with Gasteiger partial charge in [0.05, 0.1) is 7.11 Å². The van der Waals surface area contributed by atoms with Gasteiger partial charge in [0, 0.05) is 29.2 Å². The van der Waals surface area contributed by atoms with E-state index < -0.39 is 0 Å². The topological polar surface area (TPSA) is 47.3 Å². The van der Waals surface area contributed by atoms with Gasteiger partial charge >= 0.3 is 0 Å². The molecular formula is C12H17ClN2O. The van der Waals surface area contributed by atoms with Crippen LogP contribution in [0.5, 0.6) is 5.75 Å². The van der Waals surface area contributed by atoms with E-state index >= 15 is 0 Å². The standard InChI is InChI=1S/C12H17ClN2O/c1-16-11-4-2-3-9(13)12(11)10(7-14)15-8-5-6-8/h2-4,8,10,15H,5-7,14H2,1H3. The molecule has 1 aliphatic rings. The summed E-state index contributed by atoms with van der Waals surface area (Å²) >= 11 is 6.21. The van der Waals surface area contributed by atoms with Crippen LogP contribution in [0.25, 0.3) is 0 Å². The van der Waals surface area contributed by atoms with Crippen LogP contribution in [0.2, 0.25) is 5.02 Å². The van der Waals surface area contributed by atoms with E-state index in [1.165, 1.54) is 12.8 Å². The molecule has 0 bridgehead atoms. The van der Waals surface area contributed by atoms with E-state index in [0.717, 1.165) is 11.3 Å². The Bertz CT molecular complexity index is 366. The Morgan fingerprint density at radius 3 is 2.88 bits per heavy atom. The summed E-state index contributed by atoms with van der Waals surface area (Å²) in [6.45, 7) is 0.524. The molecule has 0 heterocycles.